The van der Waals surface area contributed by atoms with Crippen LogP contribution in [0, 0.1) is 0 Å². The molecule has 0 fully saturated rings. The van der Waals surface area contributed by atoms with E-state index in [1.54, 1.807) is 6.08 Å². The normalized spacial score (nSPS) is 16.3. The second-order valence-corrected chi connectivity index (χ2v) is 6.51. The van der Waals surface area contributed by atoms with Gasteiger partial charge in [-0.15, -0.1) is 0 Å². The second-order valence-electron chi connectivity index (χ2n) is 6.51. The molecule has 1 aromatic rings. The number of carbonyl (C=O) groups excluding carboxylic acids is 1. The van der Waals surface area contributed by atoms with Gasteiger partial charge in [-0.2, -0.15) is 0 Å². The first kappa shape index (κ1) is 14.0. The van der Waals surface area contributed by atoms with Gasteiger partial charge >= 0.3 is 0 Å². The summed E-state index contributed by atoms with van der Waals surface area (Å²) >= 11 is 0. The van der Waals surface area contributed by atoms with Crippen LogP contribution in [-0.2, 0) is 17.6 Å². The SMILES string of the molecule is CC(C)(C)NC(=O)/C=C/c1c2c(cc3c1CCO3)OCC2. The van der Waals surface area contributed by atoms with E-state index in [1.807, 2.05) is 32.9 Å². The van der Waals surface area contributed by atoms with Crippen LogP contribution < -0.4 is 14.8 Å². The second kappa shape index (κ2) is 5.10. The molecule has 2 aliphatic heterocycles. The highest BCUT2D eigenvalue weighted by molar-refractivity contribution is 5.93. The lowest BCUT2D eigenvalue weighted by Crippen LogP contribution is -2.39. The molecule has 0 saturated carbocycles. The van der Waals surface area contributed by atoms with Crippen molar-refractivity contribution in [3.8, 4) is 11.5 Å². The maximum Gasteiger partial charge on any atom is 0.244 e. The van der Waals surface area contributed by atoms with Crippen LogP contribution in [0.2, 0.25) is 0 Å². The zero-order valence-corrected chi connectivity index (χ0v) is 12.8. The molecule has 4 heteroatoms. The van der Waals surface area contributed by atoms with Gasteiger partial charge in [0.2, 0.25) is 5.91 Å². The molecule has 0 bridgehead atoms. The van der Waals surface area contributed by atoms with E-state index < -0.39 is 0 Å². The third-order valence-corrected chi connectivity index (χ3v) is 3.63. The molecule has 0 atom stereocenters. The van der Waals surface area contributed by atoms with E-state index in [4.69, 9.17) is 9.47 Å². The number of fused-ring (bicyclic) bond motifs is 2. The summed E-state index contributed by atoms with van der Waals surface area (Å²) < 4.78 is 11.3. The molecule has 0 saturated heterocycles. The van der Waals surface area contributed by atoms with Gasteiger partial charge in [0, 0.05) is 41.6 Å². The highest BCUT2D eigenvalue weighted by Gasteiger charge is 2.25. The minimum Gasteiger partial charge on any atom is -0.493 e. The summed E-state index contributed by atoms with van der Waals surface area (Å²) in [7, 11) is 0. The lowest BCUT2D eigenvalue weighted by molar-refractivity contribution is -0.117. The van der Waals surface area contributed by atoms with Crippen molar-refractivity contribution in [2.45, 2.75) is 39.2 Å². The number of hydrogen-bond donors (Lipinski definition) is 1. The lowest BCUT2D eigenvalue weighted by Gasteiger charge is -2.19. The van der Waals surface area contributed by atoms with Gasteiger partial charge in [-0.1, -0.05) is 0 Å². The molecule has 2 aliphatic rings. The molecular weight excluding hydrogens is 266 g/mol. The van der Waals surface area contributed by atoms with Crippen molar-refractivity contribution in [1.29, 1.82) is 0 Å². The first-order chi connectivity index (χ1) is 9.94. The zero-order valence-electron chi connectivity index (χ0n) is 12.8. The lowest BCUT2D eigenvalue weighted by atomic mass is 9.96. The maximum atomic E-state index is 12.0. The molecule has 1 amide bonds. The summed E-state index contributed by atoms with van der Waals surface area (Å²) in [4.78, 5) is 12.0. The maximum absolute atomic E-state index is 12.0. The molecule has 1 N–H and O–H groups in total. The predicted octanol–water partition coefficient (Wildman–Crippen LogP) is 2.48. The van der Waals surface area contributed by atoms with Crippen LogP contribution in [0.5, 0.6) is 11.5 Å². The average Bonchev–Trinajstić information content (AvgIpc) is 2.99. The van der Waals surface area contributed by atoms with Crippen LogP contribution in [0.15, 0.2) is 12.1 Å². The fraction of sp³-hybridized carbons (Fsp3) is 0.471. The Labute approximate surface area is 125 Å². The molecule has 112 valence electrons. The summed E-state index contributed by atoms with van der Waals surface area (Å²) in [6, 6.07) is 1.98. The van der Waals surface area contributed by atoms with E-state index in [9.17, 15) is 4.79 Å². The monoisotopic (exact) mass is 287 g/mol. The van der Waals surface area contributed by atoms with Gasteiger partial charge in [0.05, 0.1) is 13.2 Å². The van der Waals surface area contributed by atoms with Gasteiger partial charge in [-0.05, 0) is 32.4 Å². The number of nitrogens with one attached hydrogen (secondary N) is 1. The molecular formula is C17H21NO3. The van der Waals surface area contributed by atoms with Crippen LogP contribution in [0.25, 0.3) is 6.08 Å². The Morgan fingerprint density at radius 2 is 1.71 bits per heavy atom. The van der Waals surface area contributed by atoms with Crippen LogP contribution in [0.4, 0.5) is 0 Å². The smallest absolute Gasteiger partial charge is 0.244 e. The molecule has 2 heterocycles. The fourth-order valence-corrected chi connectivity index (χ4v) is 2.81. The highest BCUT2D eigenvalue weighted by atomic mass is 16.5. The zero-order chi connectivity index (χ0) is 15.0. The van der Waals surface area contributed by atoms with Crippen molar-refractivity contribution < 1.29 is 14.3 Å². The standard InChI is InChI=1S/C17H21NO3/c1-17(2,3)18-16(19)5-4-11-12-6-8-20-14(12)10-15-13(11)7-9-21-15/h4-5,10H,6-9H2,1-3H3,(H,18,19)/b5-4+. The summed E-state index contributed by atoms with van der Waals surface area (Å²) in [5.74, 6) is 1.71. The Morgan fingerprint density at radius 1 is 1.14 bits per heavy atom. The molecule has 4 nitrogen and oxygen atoms in total. The molecule has 0 aromatic heterocycles. The van der Waals surface area contributed by atoms with Gasteiger partial charge < -0.3 is 14.8 Å². The van der Waals surface area contributed by atoms with E-state index in [2.05, 4.69) is 5.32 Å². The van der Waals surface area contributed by atoms with Crippen LogP contribution in [-0.4, -0.2) is 24.7 Å². The van der Waals surface area contributed by atoms with Crippen LogP contribution in [0.3, 0.4) is 0 Å². The van der Waals surface area contributed by atoms with E-state index in [0.29, 0.717) is 13.2 Å². The summed E-state index contributed by atoms with van der Waals surface area (Å²) in [6.45, 7) is 7.32. The van der Waals surface area contributed by atoms with Crippen molar-refractivity contribution >= 4 is 12.0 Å². The quantitative estimate of drug-likeness (QED) is 0.850. The number of benzene rings is 1. The summed E-state index contributed by atoms with van der Waals surface area (Å²) in [5.41, 5.74) is 3.26. The third-order valence-electron chi connectivity index (χ3n) is 3.63. The Morgan fingerprint density at radius 3 is 2.24 bits per heavy atom. The third kappa shape index (κ3) is 2.89. The van der Waals surface area contributed by atoms with Crippen molar-refractivity contribution in [3.63, 3.8) is 0 Å². The molecule has 0 unspecified atom stereocenters. The molecule has 0 spiro atoms. The number of amides is 1. The van der Waals surface area contributed by atoms with E-state index in [1.165, 1.54) is 11.1 Å². The molecule has 1 aromatic carbocycles. The summed E-state index contributed by atoms with van der Waals surface area (Å²) in [5, 5.41) is 2.94. The predicted molar refractivity (Wildman–Crippen MR) is 81.8 cm³/mol. The van der Waals surface area contributed by atoms with E-state index >= 15 is 0 Å². The van der Waals surface area contributed by atoms with Gasteiger partial charge in [0.15, 0.2) is 0 Å². The Kier molecular flexibility index (Phi) is 3.40. The van der Waals surface area contributed by atoms with Crippen molar-refractivity contribution in [2.75, 3.05) is 13.2 Å². The largest absolute Gasteiger partial charge is 0.493 e. The minimum absolute atomic E-state index is 0.0771. The van der Waals surface area contributed by atoms with Crippen molar-refractivity contribution in [3.05, 3.63) is 28.8 Å². The number of rotatable bonds is 2. The van der Waals surface area contributed by atoms with Gasteiger partial charge in [0.25, 0.3) is 0 Å². The molecule has 0 radical (unpaired) electrons. The van der Waals surface area contributed by atoms with Gasteiger partial charge in [0.1, 0.15) is 11.5 Å². The molecule has 21 heavy (non-hydrogen) atoms. The molecule has 0 aliphatic carbocycles. The Balaban J connectivity index is 1.91. The molecule has 3 rings (SSSR count). The van der Waals surface area contributed by atoms with Crippen LogP contribution >= 0.6 is 0 Å². The Hall–Kier alpha value is -1.97. The van der Waals surface area contributed by atoms with Gasteiger partial charge in [-0.25, -0.2) is 0 Å². The van der Waals surface area contributed by atoms with Crippen molar-refractivity contribution in [1.82, 2.24) is 5.32 Å². The topological polar surface area (TPSA) is 47.6 Å². The van der Waals surface area contributed by atoms with E-state index in [-0.39, 0.29) is 11.4 Å². The Bertz CT molecular complexity index is 579. The summed E-state index contributed by atoms with van der Waals surface area (Å²) in [6.07, 6.45) is 5.30. The highest BCUT2D eigenvalue weighted by Crippen LogP contribution is 2.40. The van der Waals surface area contributed by atoms with Crippen LogP contribution in [0.1, 0.15) is 37.5 Å². The number of hydrogen-bond acceptors (Lipinski definition) is 3. The van der Waals surface area contributed by atoms with Gasteiger partial charge in [-0.3, -0.25) is 4.79 Å². The number of ether oxygens (including phenoxy) is 2. The van der Waals surface area contributed by atoms with E-state index in [0.717, 1.165) is 29.9 Å². The number of carbonyl (C=O) groups is 1. The first-order valence-corrected chi connectivity index (χ1v) is 7.38. The minimum atomic E-state index is -0.228. The average molecular weight is 287 g/mol. The fourth-order valence-electron chi connectivity index (χ4n) is 2.81. The van der Waals surface area contributed by atoms with Crippen molar-refractivity contribution in [2.24, 2.45) is 0 Å². The first-order valence-electron chi connectivity index (χ1n) is 7.38.